The first-order valence-electron chi connectivity index (χ1n) is 5.85. The lowest BCUT2D eigenvalue weighted by atomic mass is 10.3. The summed E-state index contributed by atoms with van der Waals surface area (Å²) in [4.78, 5) is 15.3. The third kappa shape index (κ3) is 2.72. The van der Waals surface area contributed by atoms with Crippen LogP contribution in [-0.2, 0) is 22.1 Å². The third-order valence-electron chi connectivity index (χ3n) is 2.68. The highest BCUT2D eigenvalue weighted by Gasteiger charge is 2.23. The van der Waals surface area contributed by atoms with E-state index in [4.69, 9.17) is 4.74 Å². The van der Waals surface area contributed by atoms with Gasteiger partial charge in [0, 0.05) is 18.8 Å². The highest BCUT2D eigenvalue weighted by atomic mass is 32.2. The molecule has 0 radical (unpaired) electrons. The van der Waals surface area contributed by atoms with Gasteiger partial charge in [0.2, 0.25) is 15.7 Å². The summed E-state index contributed by atoms with van der Waals surface area (Å²) in [6.45, 7) is 1.90. The molecule has 9 heteroatoms. The molecule has 0 bridgehead atoms. The van der Waals surface area contributed by atoms with E-state index in [1.807, 2.05) is 0 Å². The molecule has 0 spiro atoms. The Kier molecular flexibility index (Phi) is 3.89. The average Bonchev–Trinajstić information content (AvgIpc) is 2.81. The number of nitrogens with one attached hydrogen (secondary N) is 1. The maximum absolute atomic E-state index is 12.2. The van der Waals surface area contributed by atoms with Crippen molar-refractivity contribution in [3.8, 4) is 5.88 Å². The van der Waals surface area contributed by atoms with E-state index < -0.39 is 15.5 Å². The summed E-state index contributed by atoms with van der Waals surface area (Å²) in [5, 5.41) is 5.46. The van der Waals surface area contributed by atoms with Crippen LogP contribution in [0.25, 0.3) is 0 Å². The maximum atomic E-state index is 12.2. The quantitative estimate of drug-likeness (QED) is 0.830. The highest BCUT2D eigenvalue weighted by molar-refractivity contribution is 7.90. The van der Waals surface area contributed by atoms with E-state index in [2.05, 4.69) is 15.2 Å². The molecule has 2 heterocycles. The van der Waals surface area contributed by atoms with Gasteiger partial charge in [-0.3, -0.25) is 4.57 Å². The maximum Gasteiger partial charge on any atom is 0.344 e. The Balaban J connectivity index is 2.32. The van der Waals surface area contributed by atoms with Crippen molar-refractivity contribution in [3.05, 3.63) is 34.4 Å². The first-order chi connectivity index (χ1) is 9.47. The van der Waals surface area contributed by atoms with Crippen molar-refractivity contribution < 1.29 is 13.2 Å². The van der Waals surface area contributed by atoms with Gasteiger partial charge in [0.1, 0.15) is 0 Å². The Labute approximate surface area is 115 Å². The van der Waals surface area contributed by atoms with Gasteiger partial charge in [-0.25, -0.2) is 23.3 Å². The number of pyridine rings is 1. The molecular formula is C11H14N4O4S. The zero-order valence-corrected chi connectivity index (χ0v) is 11.8. The van der Waals surface area contributed by atoms with E-state index >= 15 is 0 Å². The second kappa shape index (κ2) is 5.45. The molecule has 1 N–H and O–H groups in total. The first-order valence-corrected chi connectivity index (χ1v) is 7.50. The van der Waals surface area contributed by atoms with Crippen LogP contribution >= 0.6 is 0 Å². The molecule has 0 amide bonds. The Morgan fingerprint density at radius 3 is 2.70 bits per heavy atom. The van der Waals surface area contributed by atoms with Gasteiger partial charge in [-0.15, -0.1) is 5.10 Å². The summed E-state index contributed by atoms with van der Waals surface area (Å²) < 4.78 is 30.5. The number of nitrogens with zero attached hydrogens (tertiary/aromatic N) is 3. The van der Waals surface area contributed by atoms with Gasteiger partial charge in [0.15, 0.2) is 0 Å². The summed E-state index contributed by atoms with van der Waals surface area (Å²) in [6.07, 6.45) is 1.41. The van der Waals surface area contributed by atoms with Crippen LogP contribution in [0.4, 0.5) is 0 Å². The van der Waals surface area contributed by atoms with Crippen molar-refractivity contribution in [3.63, 3.8) is 0 Å². The second-order valence-electron chi connectivity index (χ2n) is 4.02. The number of hydrogen-bond acceptors (Lipinski definition) is 6. The van der Waals surface area contributed by atoms with E-state index in [9.17, 15) is 13.2 Å². The number of ether oxygens (including phenoxy) is 1. The molecule has 20 heavy (non-hydrogen) atoms. The molecule has 108 valence electrons. The van der Waals surface area contributed by atoms with Crippen molar-refractivity contribution in [2.75, 3.05) is 7.11 Å². The van der Waals surface area contributed by atoms with Gasteiger partial charge in [-0.05, 0) is 12.5 Å². The van der Waals surface area contributed by atoms with Crippen LogP contribution in [0.15, 0.2) is 28.3 Å². The number of aromatic nitrogens is 4. The molecule has 0 aromatic carbocycles. The van der Waals surface area contributed by atoms with E-state index in [1.54, 1.807) is 19.1 Å². The summed E-state index contributed by atoms with van der Waals surface area (Å²) >= 11 is 0. The minimum atomic E-state index is -3.72. The smallest absolute Gasteiger partial charge is 0.344 e. The van der Waals surface area contributed by atoms with Crippen LogP contribution in [0.5, 0.6) is 5.88 Å². The summed E-state index contributed by atoms with van der Waals surface area (Å²) in [6, 6.07) is 3.17. The Bertz CT molecular complexity index is 745. The topological polar surface area (TPSA) is 107 Å². The van der Waals surface area contributed by atoms with E-state index in [0.717, 1.165) is 4.57 Å². The zero-order chi connectivity index (χ0) is 14.8. The zero-order valence-electron chi connectivity index (χ0n) is 11.0. The van der Waals surface area contributed by atoms with Crippen molar-refractivity contribution >= 4 is 9.84 Å². The van der Waals surface area contributed by atoms with Gasteiger partial charge in [0.25, 0.3) is 5.16 Å². The highest BCUT2D eigenvalue weighted by Crippen LogP contribution is 2.14. The third-order valence-corrected chi connectivity index (χ3v) is 4.26. The molecule has 0 aliphatic carbocycles. The minimum absolute atomic E-state index is 0.227. The Hall–Kier alpha value is -2.16. The van der Waals surface area contributed by atoms with Gasteiger partial charge in [-0.1, -0.05) is 6.07 Å². The molecule has 2 aromatic rings. The standard InChI is InChI=1S/C11H14N4O4S/c1-3-15-10(16)13-14-11(15)20(17,18)7-8-4-5-9(19-2)12-6-8/h4-6H,3,7H2,1-2H3,(H,13,16). The predicted molar refractivity (Wildman–Crippen MR) is 70.2 cm³/mol. The fourth-order valence-electron chi connectivity index (χ4n) is 1.72. The van der Waals surface area contributed by atoms with Gasteiger partial charge in [0.05, 0.1) is 12.9 Å². The molecule has 0 aliphatic heterocycles. The molecule has 8 nitrogen and oxygen atoms in total. The van der Waals surface area contributed by atoms with Gasteiger partial charge in [-0.2, -0.15) is 0 Å². The first kappa shape index (κ1) is 14.3. The molecular weight excluding hydrogens is 284 g/mol. The summed E-state index contributed by atoms with van der Waals surface area (Å²) in [5.74, 6) is 0.116. The monoisotopic (exact) mass is 298 g/mol. The van der Waals surface area contributed by atoms with Crippen LogP contribution in [0.1, 0.15) is 12.5 Å². The van der Waals surface area contributed by atoms with Crippen molar-refractivity contribution in [2.24, 2.45) is 0 Å². The average molecular weight is 298 g/mol. The normalized spacial score (nSPS) is 11.5. The Morgan fingerprint density at radius 2 is 2.15 bits per heavy atom. The summed E-state index contributed by atoms with van der Waals surface area (Å²) in [5.41, 5.74) is -0.0529. The van der Waals surface area contributed by atoms with Crippen LogP contribution in [0.3, 0.4) is 0 Å². The second-order valence-corrected chi connectivity index (χ2v) is 5.91. The number of aromatic amines is 1. The largest absolute Gasteiger partial charge is 0.481 e. The molecule has 0 saturated heterocycles. The SMILES string of the molecule is CCn1c(S(=O)(=O)Cc2ccc(OC)nc2)n[nH]c1=O. The number of H-pyrrole nitrogens is 1. The number of sulfone groups is 1. The molecule has 0 unspecified atom stereocenters. The molecule has 0 fully saturated rings. The number of hydrogen-bond donors (Lipinski definition) is 1. The van der Waals surface area contributed by atoms with E-state index in [1.165, 1.54) is 13.3 Å². The summed E-state index contributed by atoms with van der Waals surface area (Å²) in [7, 11) is -2.24. The van der Waals surface area contributed by atoms with Crippen molar-refractivity contribution in [1.29, 1.82) is 0 Å². The molecule has 0 aliphatic rings. The number of rotatable bonds is 5. The lowest BCUT2D eigenvalue weighted by molar-refractivity contribution is 0.397. The van der Waals surface area contributed by atoms with E-state index in [0.29, 0.717) is 11.4 Å². The van der Waals surface area contributed by atoms with Crippen LogP contribution < -0.4 is 10.4 Å². The van der Waals surface area contributed by atoms with Crippen LogP contribution in [-0.4, -0.2) is 35.3 Å². The fourth-order valence-corrected chi connectivity index (χ4v) is 3.19. The molecule has 2 aromatic heterocycles. The van der Waals surface area contributed by atoms with Crippen molar-refractivity contribution in [1.82, 2.24) is 19.7 Å². The van der Waals surface area contributed by atoms with Gasteiger partial charge >= 0.3 is 5.69 Å². The minimum Gasteiger partial charge on any atom is -0.481 e. The lowest BCUT2D eigenvalue weighted by Crippen LogP contribution is -2.20. The van der Waals surface area contributed by atoms with Crippen molar-refractivity contribution in [2.45, 2.75) is 24.4 Å². The molecule has 0 saturated carbocycles. The molecule has 0 atom stereocenters. The van der Waals surface area contributed by atoms with Gasteiger partial charge < -0.3 is 4.74 Å². The lowest BCUT2D eigenvalue weighted by Gasteiger charge is -2.05. The van der Waals surface area contributed by atoms with Crippen LogP contribution in [0.2, 0.25) is 0 Å². The van der Waals surface area contributed by atoms with Crippen LogP contribution in [0, 0.1) is 0 Å². The molecule has 2 rings (SSSR count). The number of methoxy groups -OCH3 is 1. The van der Waals surface area contributed by atoms with E-state index in [-0.39, 0.29) is 17.5 Å². The Morgan fingerprint density at radius 1 is 1.40 bits per heavy atom. The predicted octanol–water partition coefficient (Wildman–Crippen LogP) is -0.0312. The fraction of sp³-hybridized carbons (Fsp3) is 0.364.